The summed E-state index contributed by atoms with van der Waals surface area (Å²) in [7, 11) is 0. The number of nitrogens with one attached hydrogen (secondary N) is 3. The van der Waals surface area contributed by atoms with Crippen LogP contribution in [-0.4, -0.2) is 73.9 Å². The van der Waals surface area contributed by atoms with E-state index < -0.39 is 17.9 Å². The molecule has 1 fully saturated rings. The largest absolute Gasteiger partial charge is 0.379 e. The topological polar surface area (TPSA) is 129 Å². The van der Waals surface area contributed by atoms with Gasteiger partial charge in [-0.05, 0) is 61.5 Å². The minimum Gasteiger partial charge on any atom is -0.379 e. The van der Waals surface area contributed by atoms with Gasteiger partial charge in [0.15, 0.2) is 0 Å². The van der Waals surface area contributed by atoms with Crippen LogP contribution in [0.2, 0.25) is 0 Å². The zero-order valence-corrected chi connectivity index (χ0v) is 19.8. The van der Waals surface area contributed by atoms with Crippen LogP contribution in [0.3, 0.4) is 0 Å². The van der Waals surface area contributed by atoms with E-state index in [1.54, 1.807) is 24.3 Å². The van der Waals surface area contributed by atoms with E-state index in [4.69, 9.17) is 15.7 Å². The Hall–Kier alpha value is -3.26. The van der Waals surface area contributed by atoms with E-state index >= 15 is 0 Å². The first-order chi connectivity index (χ1) is 17.1. The van der Waals surface area contributed by atoms with Crippen molar-refractivity contribution in [1.82, 2.24) is 21.0 Å². The molecular formula is C27H37N5O4. The summed E-state index contributed by atoms with van der Waals surface area (Å²) in [5.41, 5.74) is 10.2. The van der Waals surface area contributed by atoms with Gasteiger partial charge in [-0.2, -0.15) is 0 Å². The van der Waals surface area contributed by atoms with E-state index in [-0.39, 0.29) is 14.0 Å². The second-order valence-electron chi connectivity index (χ2n) is 8.25. The number of carbonyl (C=O) groups excluding carboxylic acids is 2. The minimum absolute atomic E-state index is 0. The van der Waals surface area contributed by atoms with Crippen LogP contribution in [-0.2, 0) is 16.1 Å². The highest BCUT2D eigenvalue weighted by Crippen LogP contribution is 2.07. The highest BCUT2D eigenvalue weighted by Gasteiger charge is 2.19. The van der Waals surface area contributed by atoms with E-state index in [1.165, 1.54) is 11.0 Å². The minimum atomic E-state index is -1.01. The zero-order valence-electron chi connectivity index (χ0n) is 19.8. The monoisotopic (exact) mass is 495 g/mol. The first-order valence-electron chi connectivity index (χ1n) is 11.8. The van der Waals surface area contributed by atoms with E-state index in [0.717, 1.165) is 63.5 Å². The van der Waals surface area contributed by atoms with Gasteiger partial charge in [-0.15, -0.1) is 0 Å². The molecule has 1 heterocycles. The third-order valence-electron chi connectivity index (χ3n) is 5.68. The first kappa shape index (κ1) is 29.0. The van der Waals surface area contributed by atoms with Gasteiger partial charge in [-0.1, -0.05) is 31.4 Å². The van der Waals surface area contributed by atoms with Gasteiger partial charge in [-0.25, -0.2) is 5.48 Å². The van der Waals surface area contributed by atoms with E-state index in [9.17, 15) is 9.59 Å². The SMILES string of the molecule is C.NC[C@H](NC(=O)c1ccc(C#Cc2ccc(CNCCCN3CCOCC3)cc2)cc1)C(=O)NO. The second-order valence-corrected chi connectivity index (χ2v) is 8.25. The van der Waals surface area contributed by atoms with E-state index in [1.807, 2.05) is 12.1 Å². The average Bonchev–Trinajstić information content (AvgIpc) is 2.91. The molecule has 1 aliphatic heterocycles. The summed E-state index contributed by atoms with van der Waals surface area (Å²) in [5, 5.41) is 14.7. The fourth-order valence-corrected chi connectivity index (χ4v) is 3.59. The quantitative estimate of drug-likeness (QED) is 0.144. The van der Waals surface area contributed by atoms with Crippen LogP contribution in [0.25, 0.3) is 0 Å². The molecule has 3 rings (SSSR count). The van der Waals surface area contributed by atoms with Gasteiger partial charge < -0.3 is 21.1 Å². The summed E-state index contributed by atoms with van der Waals surface area (Å²) in [4.78, 5) is 26.2. The van der Waals surface area contributed by atoms with Crippen molar-refractivity contribution in [3.8, 4) is 11.8 Å². The summed E-state index contributed by atoms with van der Waals surface area (Å²) in [6.07, 6.45) is 1.12. The van der Waals surface area contributed by atoms with Crippen molar-refractivity contribution >= 4 is 11.8 Å². The molecule has 0 aromatic heterocycles. The van der Waals surface area contributed by atoms with Crippen LogP contribution in [0, 0.1) is 11.8 Å². The molecule has 36 heavy (non-hydrogen) atoms. The first-order valence-corrected chi connectivity index (χ1v) is 11.8. The lowest BCUT2D eigenvalue weighted by molar-refractivity contribution is -0.130. The number of nitrogens with zero attached hydrogens (tertiary/aromatic N) is 1. The molecule has 9 nitrogen and oxygen atoms in total. The van der Waals surface area contributed by atoms with Gasteiger partial charge in [0.05, 0.1) is 13.2 Å². The molecule has 9 heteroatoms. The van der Waals surface area contributed by atoms with E-state index in [2.05, 4.69) is 39.5 Å². The number of nitrogens with two attached hydrogens (primary N) is 1. The average molecular weight is 496 g/mol. The lowest BCUT2D eigenvalue weighted by Crippen LogP contribution is -2.50. The lowest BCUT2D eigenvalue weighted by atomic mass is 10.1. The van der Waals surface area contributed by atoms with Crippen molar-refractivity contribution in [3.05, 3.63) is 70.8 Å². The standard InChI is InChI=1S/C26H33N5O4.CH4/c27-18-24(26(33)30-34)29-25(32)23-10-8-21(9-11-23)3-2-20-4-6-22(7-5-20)19-28-12-1-13-31-14-16-35-17-15-31;/h4-11,24,28,34H,1,12-19,27H2,(H,29,32)(H,30,33);1H4/t24-;/m0./s1. The van der Waals surface area contributed by atoms with Gasteiger partial charge in [0.2, 0.25) is 0 Å². The molecular weight excluding hydrogens is 458 g/mol. The van der Waals surface area contributed by atoms with Crippen molar-refractivity contribution in [3.63, 3.8) is 0 Å². The summed E-state index contributed by atoms with van der Waals surface area (Å²) < 4.78 is 5.37. The fraction of sp³-hybridized carbons (Fsp3) is 0.407. The summed E-state index contributed by atoms with van der Waals surface area (Å²) >= 11 is 0. The molecule has 0 radical (unpaired) electrons. The molecule has 2 aromatic carbocycles. The second kappa shape index (κ2) is 15.7. The Morgan fingerprint density at radius 3 is 2.22 bits per heavy atom. The highest BCUT2D eigenvalue weighted by molar-refractivity contribution is 5.97. The number of hydroxylamine groups is 1. The maximum Gasteiger partial charge on any atom is 0.267 e. The summed E-state index contributed by atoms with van der Waals surface area (Å²) in [6.45, 7) is 6.52. The number of benzene rings is 2. The highest BCUT2D eigenvalue weighted by atomic mass is 16.5. The van der Waals surface area contributed by atoms with Crippen LogP contribution in [0.15, 0.2) is 48.5 Å². The number of rotatable bonds is 10. The number of morpholine rings is 1. The van der Waals surface area contributed by atoms with Crippen molar-refractivity contribution in [2.45, 2.75) is 26.4 Å². The molecule has 0 bridgehead atoms. The maximum atomic E-state index is 12.3. The molecule has 0 aliphatic carbocycles. The van der Waals surface area contributed by atoms with Gasteiger partial charge >= 0.3 is 0 Å². The smallest absolute Gasteiger partial charge is 0.267 e. The van der Waals surface area contributed by atoms with E-state index in [0.29, 0.717) is 5.56 Å². The van der Waals surface area contributed by atoms with Crippen LogP contribution in [0.4, 0.5) is 0 Å². The van der Waals surface area contributed by atoms with Crippen LogP contribution >= 0.6 is 0 Å². The van der Waals surface area contributed by atoms with Crippen molar-refractivity contribution in [2.75, 3.05) is 45.9 Å². The molecule has 194 valence electrons. The molecule has 2 aromatic rings. The number of carbonyl (C=O) groups is 2. The zero-order chi connectivity index (χ0) is 24.9. The molecule has 0 unspecified atom stereocenters. The van der Waals surface area contributed by atoms with Gasteiger partial charge in [0.25, 0.3) is 11.8 Å². The molecule has 0 spiro atoms. The maximum absolute atomic E-state index is 12.3. The van der Waals surface area contributed by atoms with Crippen LogP contribution < -0.4 is 21.8 Å². The Labute approximate surface area is 213 Å². The van der Waals surface area contributed by atoms with Crippen LogP contribution in [0.5, 0.6) is 0 Å². The van der Waals surface area contributed by atoms with Gasteiger partial charge in [0.1, 0.15) is 6.04 Å². The Kier molecular flexibility index (Phi) is 12.6. The Bertz CT molecular complexity index is 1010. The van der Waals surface area contributed by atoms with Crippen molar-refractivity contribution in [1.29, 1.82) is 0 Å². The Morgan fingerprint density at radius 1 is 1.03 bits per heavy atom. The predicted molar refractivity (Wildman–Crippen MR) is 139 cm³/mol. The Balaban J connectivity index is 0.00000456. The fourth-order valence-electron chi connectivity index (χ4n) is 3.59. The number of amides is 2. The summed E-state index contributed by atoms with van der Waals surface area (Å²) in [6, 6.07) is 13.8. The molecule has 1 atom stereocenters. The predicted octanol–water partition coefficient (Wildman–Crippen LogP) is 1.10. The van der Waals surface area contributed by atoms with Gasteiger partial charge in [-0.3, -0.25) is 19.7 Å². The third kappa shape index (κ3) is 9.41. The lowest BCUT2D eigenvalue weighted by Gasteiger charge is -2.26. The summed E-state index contributed by atoms with van der Waals surface area (Å²) in [5.74, 6) is 4.98. The molecule has 0 saturated carbocycles. The number of ether oxygens (including phenoxy) is 1. The molecule has 1 saturated heterocycles. The normalized spacial score (nSPS) is 14.1. The van der Waals surface area contributed by atoms with Gasteiger partial charge in [0, 0.05) is 42.9 Å². The molecule has 1 aliphatic rings. The molecule has 2 amide bonds. The third-order valence-corrected chi connectivity index (χ3v) is 5.68. The van der Waals surface area contributed by atoms with Crippen LogP contribution in [0.1, 0.15) is 40.9 Å². The Morgan fingerprint density at radius 2 is 1.64 bits per heavy atom. The van der Waals surface area contributed by atoms with Crippen molar-refractivity contribution in [2.24, 2.45) is 5.73 Å². The van der Waals surface area contributed by atoms with Crippen molar-refractivity contribution < 1.29 is 19.5 Å². The number of hydrogen-bond donors (Lipinski definition) is 5. The number of hydrogen-bond acceptors (Lipinski definition) is 7. The molecule has 6 N–H and O–H groups in total.